The van der Waals surface area contributed by atoms with Crippen LogP contribution in [0.1, 0.15) is 40.7 Å². The van der Waals surface area contributed by atoms with Crippen molar-refractivity contribution in [1.29, 1.82) is 0 Å². The highest BCUT2D eigenvalue weighted by molar-refractivity contribution is 7.93. The Labute approximate surface area is 183 Å². The lowest BCUT2D eigenvalue weighted by atomic mass is 9.82. The Morgan fingerprint density at radius 2 is 2.10 bits per heavy atom. The molecule has 30 heavy (non-hydrogen) atoms. The molecule has 1 aliphatic heterocycles. The molecule has 0 aromatic carbocycles. The summed E-state index contributed by atoms with van der Waals surface area (Å²) in [6, 6.07) is 6.51. The van der Waals surface area contributed by atoms with Crippen LogP contribution in [0.5, 0.6) is 5.88 Å². The number of thiophene rings is 1. The van der Waals surface area contributed by atoms with E-state index in [2.05, 4.69) is 15.3 Å². The van der Waals surface area contributed by atoms with E-state index >= 15 is 0 Å². The van der Waals surface area contributed by atoms with E-state index in [1.807, 2.05) is 0 Å². The lowest BCUT2D eigenvalue weighted by molar-refractivity contribution is 0.103. The summed E-state index contributed by atoms with van der Waals surface area (Å²) in [5, 5.41) is 2.97. The summed E-state index contributed by atoms with van der Waals surface area (Å²) < 4.78 is 30.1. The van der Waals surface area contributed by atoms with Crippen molar-refractivity contribution in [3.63, 3.8) is 0 Å². The Bertz CT molecular complexity index is 1160. The van der Waals surface area contributed by atoms with Crippen molar-refractivity contribution in [3.05, 3.63) is 39.0 Å². The number of amides is 1. The van der Waals surface area contributed by atoms with Gasteiger partial charge in [-0.1, -0.05) is 17.7 Å². The van der Waals surface area contributed by atoms with Gasteiger partial charge in [-0.25, -0.2) is 8.42 Å². The van der Waals surface area contributed by atoms with Crippen LogP contribution in [-0.4, -0.2) is 42.8 Å². The van der Waals surface area contributed by atoms with Gasteiger partial charge in [-0.05, 0) is 38.3 Å². The second-order valence-electron chi connectivity index (χ2n) is 7.68. The Kier molecular flexibility index (Phi) is 5.06. The maximum absolute atomic E-state index is 13.0. The van der Waals surface area contributed by atoms with Gasteiger partial charge in [0.25, 0.3) is 5.91 Å². The average Bonchev–Trinajstić information content (AvgIpc) is 3.02. The van der Waals surface area contributed by atoms with Crippen molar-refractivity contribution in [3.8, 4) is 5.88 Å². The summed E-state index contributed by atoms with van der Waals surface area (Å²) in [5.41, 5.74) is 5.00. The molecule has 0 bridgehead atoms. The first-order valence-electron chi connectivity index (χ1n) is 9.30. The first-order chi connectivity index (χ1) is 14.1. The number of anilines is 1. The minimum absolute atomic E-state index is 0.138. The van der Waals surface area contributed by atoms with Crippen LogP contribution in [-0.2, 0) is 15.4 Å². The van der Waals surface area contributed by atoms with E-state index < -0.39 is 26.0 Å². The van der Waals surface area contributed by atoms with Crippen molar-refractivity contribution < 1.29 is 17.9 Å². The van der Waals surface area contributed by atoms with Crippen LogP contribution in [0.15, 0.2) is 29.3 Å². The van der Waals surface area contributed by atoms with Gasteiger partial charge in [0.15, 0.2) is 9.84 Å². The lowest BCUT2D eigenvalue weighted by Crippen LogP contribution is -2.61. The minimum atomic E-state index is -3.51. The third-order valence-corrected chi connectivity index (χ3v) is 10.2. The van der Waals surface area contributed by atoms with Crippen LogP contribution in [0.2, 0.25) is 5.02 Å². The van der Waals surface area contributed by atoms with E-state index in [1.54, 1.807) is 25.1 Å². The molecule has 2 aromatic rings. The van der Waals surface area contributed by atoms with E-state index in [9.17, 15) is 13.2 Å². The Morgan fingerprint density at radius 1 is 1.37 bits per heavy atom. The monoisotopic (exact) mass is 468 g/mol. The first-order valence-corrected chi connectivity index (χ1v) is 12.2. The van der Waals surface area contributed by atoms with Crippen molar-refractivity contribution >= 4 is 50.3 Å². The summed E-state index contributed by atoms with van der Waals surface area (Å²) in [5.74, 6) is 0.222. The lowest BCUT2D eigenvalue weighted by Gasteiger charge is -2.46. The normalized spacial score (nSPS) is 24.0. The molecular formula is C19H21ClN4O4S2. The standard InChI is InChI=1S/C19H21ClN4O4S2/c1-18(10-30(26,27)19(7-4-8-19)17(21)24-18)15-11(20)9-12(29-15)16(25)23-13-5-3-6-14(22-13)28-2/h3,5-6,9H,4,7-8,10H2,1-2H3,(H2,21,24)(H,22,23,25). The van der Waals surface area contributed by atoms with Crippen LogP contribution in [0, 0.1) is 0 Å². The van der Waals surface area contributed by atoms with Crippen molar-refractivity contribution in [2.45, 2.75) is 36.5 Å². The summed E-state index contributed by atoms with van der Waals surface area (Å²) in [6.45, 7) is 1.69. The first kappa shape index (κ1) is 21.1. The maximum Gasteiger partial charge on any atom is 0.266 e. The number of nitrogens with two attached hydrogens (primary N) is 1. The van der Waals surface area contributed by atoms with Crippen molar-refractivity contribution in [2.24, 2.45) is 10.7 Å². The number of hydrogen-bond acceptors (Lipinski definition) is 8. The van der Waals surface area contributed by atoms with E-state index in [4.69, 9.17) is 22.1 Å². The van der Waals surface area contributed by atoms with Gasteiger partial charge in [0.2, 0.25) is 5.88 Å². The van der Waals surface area contributed by atoms with Crippen LogP contribution in [0.4, 0.5) is 5.82 Å². The van der Waals surface area contributed by atoms with Gasteiger partial charge < -0.3 is 15.8 Å². The number of aliphatic imine (C=N–C) groups is 1. The second-order valence-corrected chi connectivity index (χ2v) is 11.4. The quantitative estimate of drug-likeness (QED) is 0.710. The number of carbonyl (C=O) groups is 1. The van der Waals surface area contributed by atoms with Gasteiger partial charge in [-0.2, -0.15) is 4.98 Å². The third kappa shape index (κ3) is 3.27. The molecule has 8 nitrogen and oxygen atoms in total. The fourth-order valence-electron chi connectivity index (χ4n) is 3.87. The van der Waals surface area contributed by atoms with Crippen molar-refractivity contribution in [2.75, 3.05) is 18.2 Å². The molecule has 0 radical (unpaired) electrons. The number of pyridine rings is 1. The van der Waals surface area contributed by atoms with Gasteiger partial charge in [-0.3, -0.25) is 9.79 Å². The molecule has 3 heterocycles. The highest BCUT2D eigenvalue weighted by atomic mass is 35.5. The second kappa shape index (κ2) is 7.21. The Hall–Kier alpha value is -2.17. The topological polar surface area (TPSA) is 124 Å². The average molecular weight is 469 g/mol. The molecule has 1 amide bonds. The number of nitrogens with one attached hydrogen (secondary N) is 1. The molecule has 1 atom stereocenters. The molecule has 11 heteroatoms. The molecule has 1 aliphatic carbocycles. The summed E-state index contributed by atoms with van der Waals surface area (Å²) in [6.07, 6.45) is 1.81. The van der Waals surface area contributed by atoms with E-state index in [0.717, 1.165) is 17.8 Å². The number of amidine groups is 1. The van der Waals surface area contributed by atoms with E-state index in [-0.39, 0.29) is 16.6 Å². The number of aromatic nitrogens is 1. The van der Waals surface area contributed by atoms with E-state index in [1.165, 1.54) is 13.2 Å². The van der Waals surface area contributed by atoms with Gasteiger partial charge in [0.1, 0.15) is 21.9 Å². The smallest absolute Gasteiger partial charge is 0.266 e. The number of carbonyl (C=O) groups excluding carboxylic acids is 1. The highest BCUT2D eigenvalue weighted by Gasteiger charge is 2.58. The van der Waals surface area contributed by atoms with Gasteiger partial charge in [0, 0.05) is 6.07 Å². The number of halogens is 1. The molecular weight excluding hydrogens is 448 g/mol. The SMILES string of the molecule is COc1cccc(NC(=O)c2cc(Cl)c(C3(C)CS(=O)(=O)C4(CCC4)C(N)=N3)s2)n1. The molecule has 4 rings (SSSR count). The molecule has 160 valence electrons. The zero-order valence-corrected chi connectivity index (χ0v) is 18.8. The van der Waals surface area contributed by atoms with Crippen LogP contribution < -0.4 is 15.8 Å². The summed E-state index contributed by atoms with van der Waals surface area (Å²) in [4.78, 5) is 22.2. The molecule has 2 aliphatic rings. The minimum Gasteiger partial charge on any atom is -0.481 e. The number of hydrogen-bond donors (Lipinski definition) is 2. The van der Waals surface area contributed by atoms with Gasteiger partial charge in [-0.15, -0.1) is 11.3 Å². The van der Waals surface area contributed by atoms with E-state index in [0.29, 0.717) is 34.3 Å². The zero-order valence-electron chi connectivity index (χ0n) is 16.4. The number of ether oxygens (including phenoxy) is 1. The molecule has 2 aromatic heterocycles. The molecule has 1 spiro atoms. The number of sulfone groups is 1. The van der Waals surface area contributed by atoms with Crippen LogP contribution in [0.25, 0.3) is 0 Å². The number of nitrogens with zero attached hydrogens (tertiary/aromatic N) is 2. The zero-order chi connectivity index (χ0) is 21.7. The molecule has 1 fully saturated rings. The highest BCUT2D eigenvalue weighted by Crippen LogP contribution is 2.49. The molecule has 1 unspecified atom stereocenters. The molecule has 1 saturated carbocycles. The summed E-state index contributed by atoms with van der Waals surface area (Å²) in [7, 11) is -2.02. The maximum atomic E-state index is 13.0. The predicted molar refractivity (Wildman–Crippen MR) is 117 cm³/mol. The fraction of sp³-hybridized carbons (Fsp3) is 0.421. The molecule has 3 N–H and O–H groups in total. The number of rotatable bonds is 4. The number of methoxy groups -OCH3 is 1. The fourth-order valence-corrected chi connectivity index (χ4v) is 7.99. The Morgan fingerprint density at radius 3 is 2.70 bits per heavy atom. The predicted octanol–water partition coefficient (Wildman–Crippen LogP) is 2.98. The third-order valence-electron chi connectivity index (χ3n) is 5.64. The van der Waals surface area contributed by atoms with Gasteiger partial charge in [0.05, 0.1) is 27.6 Å². The van der Waals surface area contributed by atoms with Crippen LogP contribution >= 0.6 is 22.9 Å². The Balaban J connectivity index is 1.65. The largest absolute Gasteiger partial charge is 0.481 e. The summed E-state index contributed by atoms with van der Waals surface area (Å²) >= 11 is 7.51. The van der Waals surface area contributed by atoms with Crippen LogP contribution in [0.3, 0.4) is 0 Å². The van der Waals surface area contributed by atoms with Gasteiger partial charge >= 0.3 is 0 Å². The molecule has 0 saturated heterocycles. The van der Waals surface area contributed by atoms with Crippen molar-refractivity contribution in [1.82, 2.24) is 4.98 Å².